The van der Waals surface area contributed by atoms with Gasteiger partial charge in [0.1, 0.15) is 0 Å². The lowest BCUT2D eigenvalue weighted by atomic mass is 10.1. The lowest BCUT2D eigenvalue weighted by Gasteiger charge is -2.18. The van der Waals surface area contributed by atoms with Gasteiger partial charge in [0.05, 0.1) is 15.6 Å². The van der Waals surface area contributed by atoms with Crippen LogP contribution in [0.2, 0.25) is 10.0 Å². The number of aliphatic hydroxyl groups is 1. The van der Waals surface area contributed by atoms with E-state index in [0.717, 1.165) is 12.8 Å². The highest BCUT2D eigenvalue weighted by Gasteiger charge is 2.28. The van der Waals surface area contributed by atoms with Gasteiger partial charge in [-0.1, -0.05) is 23.2 Å². The van der Waals surface area contributed by atoms with Crippen molar-refractivity contribution in [2.45, 2.75) is 12.8 Å². The third-order valence-electron chi connectivity index (χ3n) is 3.39. The zero-order chi connectivity index (χ0) is 14.0. The number of nitrogens with zero attached hydrogens (tertiary/aromatic N) is 1. The molecule has 3 N–H and O–H groups in total. The van der Waals surface area contributed by atoms with Gasteiger partial charge in [-0.05, 0) is 30.9 Å². The Hall–Kier alpha value is -0.970. The maximum absolute atomic E-state index is 12.4. The highest BCUT2D eigenvalue weighted by atomic mass is 35.5. The van der Waals surface area contributed by atoms with Crippen molar-refractivity contribution in [2.24, 2.45) is 5.92 Å². The number of carbonyl (C=O) groups excluding carboxylic acids is 1. The van der Waals surface area contributed by atoms with Crippen molar-refractivity contribution in [3.63, 3.8) is 0 Å². The second kappa shape index (κ2) is 5.99. The zero-order valence-electron chi connectivity index (χ0n) is 10.4. The van der Waals surface area contributed by atoms with Gasteiger partial charge in [-0.2, -0.15) is 0 Å². The first-order chi connectivity index (χ1) is 9.02. The highest BCUT2D eigenvalue weighted by Crippen LogP contribution is 2.31. The van der Waals surface area contributed by atoms with Crippen molar-refractivity contribution in [1.29, 1.82) is 0 Å². The van der Waals surface area contributed by atoms with Gasteiger partial charge < -0.3 is 15.7 Å². The van der Waals surface area contributed by atoms with Crippen LogP contribution in [0.25, 0.3) is 0 Å². The first kappa shape index (κ1) is 14.4. The number of hydrogen-bond donors (Lipinski definition) is 2. The maximum atomic E-state index is 12.4. The number of nitrogen functional groups attached to an aromatic ring is 1. The largest absolute Gasteiger partial charge is 0.399 e. The van der Waals surface area contributed by atoms with Crippen LogP contribution in [-0.2, 0) is 0 Å². The fraction of sp³-hybridized carbons (Fsp3) is 0.462. The molecule has 1 aromatic rings. The summed E-state index contributed by atoms with van der Waals surface area (Å²) < 4.78 is 0. The van der Waals surface area contributed by atoms with Gasteiger partial charge in [-0.15, -0.1) is 0 Å². The van der Waals surface area contributed by atoms with Crippen LogP contribution in [0, 0.1) is 5.92 Å². The summed E-state index contributed by atoms with van der Waals surface area (Å²) in [5.41, 5.74) is 6.46. The Bertz CT molecular complexity index is 494. The van der Waals surface area contributed by atoms with Crippen LogP contribution in [-0.4, -0.2) is 35.6 Å². The van der Waals surface area contributed by atoms with Crippen LogP contribution < -0.4 is 5.73 Å². The van der Waals surface area contributed by atoms with Crippen molar-refractivity contribution in [1.82, 2.24) is 4.90 Å². The van der Waals surface area contributed by atoms with Crippen LogP contribution >= 0.6 is 23.2 Å². The van der Waals surface area contributed by atoms with Gasteiger partial charge in [-0.25, -0.2) is 0 Å². The molecule has 0 saturated carbocycles. The molecule has 1 aromatic carbocycles. The Kier molecular flexibility index (Phi) is 4.55. The van der Waals surface area contributed by atoms with Gasteiger partial charge in [0.2, 0.25) is 0 Å². The van der Waals surface area contributed by atoms with E-state index in [0.29, 0.717) is 30.3 Å². The third-order valence-corrected chi connectivity index (χ3v) is 4.19. The van der Waals surface area contributed by atoms with Crippen LogP contribution in [0.4, 0.5) is 5.69 Å². The molecule has 1 saturated heterocycles. The van der Waals surface area contributed by atoms with E-state index in [1.807, 2.05) is 0 Å². The van der Waals surface area contributed by atoms with E-state index in [2.05, 4.69) is 0 Å². The summed E-state index contributed by atoms with van der Waals surface area (Å²) in [7, 11) is 0. The topological polar surface area (TPSA) is 66.6 Å². The lowest BCUT2D eigenvalue weighted by Crippen LogP contribution is -2.29. The molecule has 1 amide bonds. The molecule has 0 aromatic heterocycles. The molecule has 1 heterocycles. The molecule has 104 valence electrons. The molecule has 1 aliphatic heterocycles. The second-order valence-electron chi connectivity index (χ2n) is 4.78. The van der Waals surface area contributed by atoms with E-state index >= 15 is 0 Å². The molecule has 1 atom stereocenters. The summed E-state index contributed by atoms with van der Waals surface area (Å²) >= 11 is 12.0. The molecule has 6 heteroatoms. The number of aliphatic hydroxyl groups excluding tert-OH is 1. The molecular weight excluding hydrogens is 287 g/mol. The number of anilines is 1. The van der Waals surface area contributed by atoms with Crippen LogP contribution in [0.15, 0.2) is 12.1 Å². The van der Waals surface area contributed by atoms with Gasteiger partial charge >= 0.3 is 0 Å². The Morgan fingerprint density at radius 1 is 1.47 bits per heavy atom. The standard InChI is InChI=1S/C13H16Cl2N2O2/c14-11-6-9(16)5-10(12(11)15)13(19)17-3-1-8(7-17)2-4-18/h5-6,8,18H,1-4,7,16H2. The molecule has 19 heavy (non-hydrogen) atoms. The minimum atomic E-state index is -0.153. The van der Waals surface area contributed by atoms with E-state index in [1.54, 1.807) is 11.0 Å². The highest BCUT2D eigenvalue weighted by molar-refractivity contribution is 6.44. The Labute approximate surface area is 122 Å². The average molecular weight is 303 g/mol. The second-order valence-corrected chi connectivity index (χ2v) is 5.57. The maximum Gasteiger partial charge on any atom is 0.255 e. The van der Waals surface area contributed by atoms with E-state index in [-0.39, 0.29) is 22.6 Å². The number of amides is 1. The number of benzene rings is 1. The SMILES string of the molecule is Nc1cc(Cl)c(Cl)c(C(=O)N2CCC(CCO)C2)c1. The first-order valence-electron chi connectivity index (χ1n) is 6.17. The number of rotatable bonds is 3. The molecule has 1 unspecified atom stereocenters. The van der Waals surface area contributed by atoms with Crippen molar-refractivity contribution in [3.05, 3.63) is 27.7 Å². The van der Waals surface area contributed by atoms with Crippen LogP contribution in [0.3, 0.4) is 0 Å². The molecule has 0 aliphatic carbocycles. The van der Waals surface area contributed by atoms with Crippen LogP contribution in [0.5, 0.6) is 0 Å². The number of halogens is 2. The summed E-state index contributed by atoms with van der Waals surface area (Å²) in [6, 6.07) is 3.08. The minimum Gasteiger partial charge on any atom is -0.399 e. The Morgan fingerprint density at radius 3 is 2.89 bits per heavy atom. The first-order valence-corrected chi connectivity index (χ1v) is 6.93. The van der Waals surface area contributed by atoms with Crippen LogP contribution in [0.1, 0.15) is 23.2 Å². The molecule has 1 aliphatic rings. The van der Waals surface area contributed by atoms with Crippen molar-refractivity contribution < 1.29 is 9.90 Å². The molecule has 0 bridgehead atoms. The Balaban J connectivity index is 2.17. The van der Waals surface area contributed by atoms with Gasteiger partial charge in [-0.3, -0.25) is 4.79 Å². The molecule has 0 radical (unpaired) electrons. The average Bonchev–Trinajstić information content (AvgIpc) is 2.82. The fourth-order valence-electron chi connectivity index (χ4n) is 2.37. The fourth-order valence-corrected chi connectivity index (χ4v) is 2.79. The number of carbonyl (C=O) groups is 1. The molecule has 1 fully saturated rings. The van der Waals surface area contributed by atoms with Gasteiger partial charge in [0.25, 0.3) is 5.91 Å². The van der Waals surface area contributed by atoms with E-state index < -0.39 is 0 Å². The molecular formula is C13H16Cl2N2O2. The van der Waals surface area contributed by atoms with Gasteiger partial charge in [0, 0.05) is 25.4 Å². The summed E-state index contributed by atoms with van der Waals surface area (Å²) in [6.07, 6.45) is 1.62. The summed E-state index contributed by atoms with van der Waals surface area (Å²) in [6.45, 7) is 1.46. The number of likely N-dealkylation sites (tertiary alicyclic amines) is 1. The zero-order valence-corrected chi connectivity index (χ0v) is 11.9. The van der Waals surface area contributed by atoms with E-state index in [4.69, 9.17) is 34.0 Å². The minimum absolute atomic E-state index is 0.150. The molecule has 2 rings (SSSR count). The quantitative estimate of drug-likeness (QED) is 0.843. The molecule has 4 nitrogen and oxygen atoms in total. The van der Waals surface area contributed by atoms with Gasteiger partial charge in [0.15, 0.2) is 0 Å². The van der Waals surface area contributed by atoms with Crippen molar-refractivity contribution >= 4 is 34.8 Å². The predicted octanol–water partition coefficient (Wildman–Crippen LogP) is 2.42. The lowest BCUT2D eigenvalue weighted by molar-refractivity contribution is 0.0785. The monoisotopic (exact) mass is 302 g/mol. The van der Waals surface area contributed by atoms with E-state index in [9.17, 15) is 4.79 Å². The smallest absolute Gasteiger partial charge is 0.255 e. The summed E-state index contributed by atoms with van der Waals surface area (Å²) in [5.74, 6) is 0.198. The molecule has 0 spiro atoms. The predicted molar refractivity (Wildman–Crippen MR) is 76.6 cm³/mol. The van der Waals surface area contributed by atoms with Crippen molar-refractivity contribution in [2.75, 3.05) is 25.4 Å². The number of hydrogen-bond acceptors (Lipinski definition) is 3. The third kappa shape index (κ3) is 3.14. The summed E-state index contributed by atoms with van der Waals surface area (Å²) in [5, 5.41) is 9.46. The number of nitrogens with two attached hydrogens (primary N) is 1. The normalized spacial score (nSPS) is 18.9. The van der Waals surface area contributed by atoms with Crippen molar-refractivity contribution in [3.8, 4) is 0 Å². The Morgan fingerprint density at radius 2 is 2.21 bits per heavy atom. The summed E-state index contributed by atoms with van der Waals surface area (Å²) in [4.78, 5) is 14.1. The van der Waals surface area contributed by atoms with E-state index in [1.165, 1.54) is 6.07 Å².